The molecular weight excluding hydrogens is 218 g/mol. The minimum absolute atomic E-state index is 0.586. The first-order valence-corrected chi connectivity index (χ1v) is 5.94. The summed E-state index contributed by atoms with van der Waals surface area (Å²) in [5.41, 5.74) is 1.20. The molecule has 0 saturated carbocycles. The Morgan fingerprint density at radius 3 is 2.82 bits per heavy atom. The van der Waals surface area contributed by atoms with Gasteiger partial charge >= 0.3 is 0 Å². The van der Waals surface area contributed by atoms with Gasteiger partial charge in [-0.2, -0.15) is 0 Å². The smallest absolute Gasteiger partial charge is 0.121 e. The average Bonchev–Trinajstić information content (AvgIpc) is 2.41. The predicted molar refractivity (Wildman–Crippen MR) is 66.8 cm³/mol. The Labute approximate surface area is 102 Å². The Bertz CT molecular complexity index is 337. The third-order valence-corrected chi connectivity index (χ3v) is 2.75. The fraction of sp³-hybridized carbons (Fsp3) is 0.538. The topological polar surface area (TPSA) is 30.9 Å². The van der Waals surface area contributed by atoms with Gasteiger partial charge in [0.05, 0.1) is 19.8 Å². The van der Waals surface area contributed by atoms with E-state index in [1.54, 1.807) is 7.11 Å². The fourth-order valence-electron chi connectivity index (χ4n) is 1.83. The van der Waals surface area contributed by atoms with Gasteiger partial charge in [0.1, 0.15) is 12.4 Å². The molecule has 1 aromatic carbocycles. The molecule has 4 nitrogen and oxygen atoms in total. The lowest BCUT2D eigenvalue weighted by Crippen LogP contribution is -2.36. The van der Waals surface area contributed by atoms with Gasteiger partial charge in [0.15, 0.2) is 0 Å². The second-order valence-electron chi connectivity index (χ2n) is 3.94. The molecule has 0 aromatic heterocycles. The van der Waals surface area contributed by atoms with Crippen molar-refractivity contribution in [2.75, 3.05) is 51.5 Å². The average molecular weight is 237 g/mol. The normalized spacial score (nSPS) is 15.9. The molecule has 0 unspecified atom stereocenters. The van der Waals surface area contributed by atoms with Gasteiger partial charge in [0, 0.05) is 32.0 Å². The number of morpholine rings is 1. The highest BCUT2D eigenvalue weighted by Crippen LogP contribution is 2.21. The lowest BCUT2D eigenvalue weighted by atomic mass is 10.2. The number of benzene rings is 1. The lowest BCUT2D eigenvalue weighted by molar-refractivity contribution is 0.122. The van der Waals surface area contributed by atoms with Crippen LogP contribution >= 0.6 is 0 Å². The monoisotopic (exact) mass is 237 g/mol. The summed E-state index contributed by atoms with van der Waals surface area (Å²) in [7, 11) is 1.67. The molecule has 0 amide bonds. The summed E-state index contributed by atoms with van der Waals surface area (Å²) in [6.07, 6.45) is 0. The summed E-state index contributed by atoms with van der Waals surface area (Å²) in [6, 6.07) is 8.17. The molecule has 1 saturated heterocycles. The standard InChI is InChI=1S/C13H19NO3/c1-15-9-10-17-13-4-2-3-12(11-13)14-5-7-16-8-6-14/h2-4,11H,5-10H2,1H3. The van der Waals surface area contributed by atoms with Crippen LogP contribution in [0, 0.1) is 0 Å². The molecule has 94 valence electrons. The maximum atomic E-state index is 5.59. The molecule has 0 N–H and O–H groups in total. The van der Waals surface area contributed by atoms with Crippen LogP contribution in [0.1, 0.15) is 0 Å². The summed E-state index contributed by atoms with van der Waals surface area (Å²) in [5.74, 6) is 0.894. The summed E-state index contributed by atoms with van der Waals surface area (Å²) in [4.78, 5) is 2.31. The van der Waals surface area contributed by atoms with Crippen molar-refractivity contribution in [3.8, 4) is 5.75 Å². The van der Waals surface area contributed by atoms with Crippen LogP contribution in [0.3, 0.4) is 0 Å². The van der Waals surface area contributed by atoms with E-state index in [4.69, 9.17) is 14.2 Å². The molecule has 0 atom stereocenters. The molecule has 1 aliphatic rings. The molecular formula is C13H19NO3. The molecule has 1 aliphatic heterocycles. The van der Waals surface area contributed by atoms with Crippen molar-refractivity contribution in [1.29, 1.82) is 0 Å². The molecule has 0 bridgehead atoms. The van der Waals surface area contributed by atoms with E-state index in [1.807, 2.05) is 12.1 Å². The summed E-state index contributed by atoms with van der Waals surface area (Å²) in [5, 5.41) is 0. The fourth-order valence-corrected chi connectivity index (χ4v) is 1.83. The third kappa shape index (κ3) is 3.61. The Morgan fingerprint density at radius 1 is 1.24 bits per heavy atom. The molecule has 0 spiro atoms. The van der Waals surface area contributed by atoms with E-state index >= 15 is 0 Å². The quantitative estimate of drug-likeness (QED) is 0.727. The van der Waals surface area contributed by atoms with Crippen molar-refractivity contribution in [2.45, 2.75) is 0 Å². The summed E-state index contributed by atoms with van der Waals surface area (Å²) < 4.78 is 15.9. The molecule has 4 heteroatoms. The van der Waals surface area contributed by atoms with Crippen LogP contribution in [0.4, 0.5) is 5.69 Å². The van der Waals surface area contributed by atoms with Crippen LogP contribution in [0.25, 0.3) is 0 Å². The maximum Gasteiger partial charge on any atom is 0.121 e. The first-order chi connectivity index (χ1) is 8.40. The van der Waals surface area contributed by atoms with E-state index in [2.05, 4.69) is 17.0 Å². The number of hydrogen-bond donors (Lipinski definition) is 0. The maximum absolute atomic E-state index is 5.59. The molecule has 2 rings (SSSR count). The van der Waals surface area contributed by atoms with Gasteiger partial charge in [-0.3, -0.25) is 0 Å². The Morgan fingerprint density at radius 2 is 2.06 bits per heavy atom. The van der Waals surface area contributed by atoms with E-state index < -0.39 is 0 Å². The zero-order valence-electron chi connectivity index (χ0n) is 10.2. The SMILES string of the molecule is COCCOc1cccc(N2CCOCC2)c1. The van der Waals surface area contributed by atoms with E-state index in [1.165, 1.54) is 5.69 Å². The van der Waals surface area contributed by atoms with Crippen LogP contribution < -0.4 is 9.64 Å². The highest BCUT2D eigenvalue weighted by atomic mass is 16.5. The van der Waals surface area contributed by atoms with Crippen LogP contribution in [-0.2, 0) is 9.47 Å². The van der Waals surface area contributed by atoms with Gasteiger partial charge in [0.25, 0.3) is 0 Å². The van der Waals surface area contributed by atoms with Gasteiger partial charge in [0.2, 0.25) is 0 Å². The molecule has 0 radical (unpaired) electrons. The zero-order valence-corrected chi connectivity index (χ0v) is 10.2. The van der Waals surface area contributed by atoms with Crippen LogP contribution in [0.2, 0.25) is 0 Å². The third-order valence-electron chi connectivity index (χ3n) is 2.75. The van der Waals surface area contributed by atoms with Gasteiger partial charge < -0.3 is 19.1 Å². The molecule has 1 aromatic rings. The van der Waals surface area contributed by atoms with Gasteiger partial charge in [-0.05, 0) is 12.1 Å². The molecule has 1 fully saturated rings. The summed E-state index contributed by atoms with van der Waals surface area (Å²) >= 11 is 0. The van der Waals surface area contributed by atoms with Crippen LogP contribution in [0.15, 0.2) is 24.3 Å². The van der Waals surface area contributed by atoms with E-state index in [0.29, 0.717) is 13.2 Å². The Hall–Kier alpha value is -1.26. The lowest BCUT2D eigenvalue weighted by Gasteiger charge is -2.29. The van der Waals surface area contributed by atoms with Crippen LogP contribution in [-0.4, -0.2) is 46.6 Å². The second-order valence-corrected chi connectivity index (χ2v) is 3.94. The van der Waals surface area contributed by atoms with Crippen molar-refractivity contribution >= 4 is 5.69 Å². The minimum atomic E-state index is 0.586. The van der Waals surface area contributed by atoms with E-state index in [9.17, 15) is 0 Å². The molecule has 1 heterocycles. The van der Waals surface area contributed by atoms with Crippen LogP contribution in [0.5, 0.6) is 5.75 Å². The first-order valence-electron chi connectivity index (χ1n) is 5.94. The molecule has 17 heavy (non-hydrogen) atoms. The number of rotatable bonds is 5. The Balaban J connectivity index is 1.95. The van der Waals surface area contributed by atoms with Crippen molar-refractivity contribution in [3.05, 3.63) is 24.3 Å². The highest BCUT2D eigenvalue weighted by Gasteiger charge is 2.11. The first kappa shape index (κ1) is 12.2. The highest BCUT2D eigenvalue weighted by molar-refractivity contribution is 5.50. The van der Waals surface area contributed by atoms with E-state index in [0.717, 1.165) is 32.1 Å². The predicted octanol–water partition coefficient (Wildman–Crippen LogP) is 1.55. The number of methoxy groups -OCH3 is 1. The molecule has 0 aliphatic carbocycles. The number of hydrogen-bond acceptors (Lipinski definition) is 4. The van der Waals surface area contributed by atoms with Crippen molar-refractivity contribution in [3.63, 3.8) is 0 Å². The van der Waals surface area contributed by atoms with Gasteiger partial charge in [-0.25, -0.2) is 0 Å². The second kappa shape index (κ2) is 6.47. The summed E-state index contributed by atoms with van der Waals surface area (Å²) in [6.45, 7) is 4.69. The van der Waals surface area contributed by atoms with Crippen molar-refractivity contribution in [2.24, 2.45) is 0 Å². The van der Waals surface area contributed by atoms with Gasteiger partial charge in [-0.15, -0.1) is 0 Å². The Kier molecular flexibility index (Phi) is 4.64. The number of ether oxygens (including phenoxy) is 3. The largest absolute Gasteiger partial charge is 0.491 e. The minimum Gasteiger partial charge on any atom is -0.491 e. The van der Waals surface area contributed by atoms with E-state index in [-0.39, 0.29) is 0 Å². The van der Waals surface area contributed by atoms with Crippen molar-refractivity contribution in [1.82, 2.24) is 0 Å². The van der Waals surface area contributed by atoms with Gasteiger partial charge in [-0.1, -0.05) is 6.07 Å². The zero-order chi connectivity index (χ0) is 11.9. The number of nitrogens with zero attached hydrogens (tertiary/aromatic N) is 1. The van der Waals surface area contributed by atoms with Crippen molar-refractivity contribution < 1.29 is 14.2 Å². The number of anilines is 1.